The third-order valence-electron chi connectivity index (χ3n) is 6.43. The number of anilines is 1. The molecule has 0 saturated heterocycles. The second-order valence-electron chi connectivity index (χ2n) is 8.32. The molecule has 1 aliphatic rings. The zero-order chi connectivity index (χ0) is 24.5. The summed E-state index contributed by atoms with van der Waals surface area (Å²) in [6.45, 7) is 0.470. The number of carbonyl (C=O) groups excluding carboxylic acids is 1. The van der Waals surface area contributed by atoms with Crippen molar-refractivity contribution in [2.75, 3.05) is 33.2 Å². The number of ether oxygens (including phenoxy) is 3. The predicted molar refractivity (Wildman–Crippen MR) is 132 cm³/mol. The number of nitrogens with one attached hydrogen (secondary N) is 2. The molecular weight excluding hydrogens is 449 g/mol. The molecule has 0 unspecified atom stereocenters. The largest absolute Gasteiger partial charge is 0.497 e. The summed E-state index contributed by atoms with van der Waals surface area (Å²) in [5, 5.41) is 4.03. The van der Waals surface area contributed by atoms with E-state index < -0.39 is 6.04 Å². The van der Waals surface area contributed by atoms with Crippen LogP contribution in [-0.4, -0.2) is 43.8 Å². The summed E-state index contributed by atoms with van der Waals surface area (Å²) in [5.41, 5.74) is 4.29. The van der Waals surface area contributed by atoms with Crippen molar-refractivity contribution in [2.45, 2.75) is 12.5 Å². The number of rotatable bonds is 5. The first-order chi connectivity index (χ1) is 17.0. The lowest BCUT2D eigenvalue weighted by Crippen LogP contribution is -2.43. The van der Waals surface area contributed by atoms with Gasteiger partial charge in [0.15, 0.2) is 0 Å². The van der Waals surface area contributed by atoms with E-state index in [0.29, 0.717) is 30.2 Å². The second kappa shape index (κ2) is 9.21. The average molecular weight is 476 g/mol. The van der Waals surface area contributed by atoms with E-state index in [1.54, 1.807) is 56.6 Å². The van der Waals surface area contributed by atoms with E-state index in [2.05, 4.69) is 10.3 Å². The Morgan fingerprint density at radius 3 is 2.40 bits per heavy atom. The van der Waals surface area contributed by atoms with Crippen LogP contribution in [0.25, 0.3) is 10.9 Å². The van der Waals surface area contributed by atoms with Crippen LogP contribution in [0.1, 0.15) is 22.9 Å². The molecule has 0 spiro atoms. The number of methoxy groups -OCH3 is 3. The van der Waals surface area contributed by atoms with Gasteiger partial charge in [0.25, 0.3) is 0 Å². The summed E-state index contributed by atoms with van der Waals surface area (Å²) in [4.78, 5) is 18.9. The summed E-state index contributed by atoms with van der Waals surface area (Å²) in [5.74, 6) is 1.56. The van der Waals surface area contributed by atoms with Gasteiger partial charge in [-0.3, -0.25) is 0 Å². The Bertz CT molecular complexity index is 1380. The molecule has 5 rings (SSSR count). The van der Waals surface area contributed by atoms with Gasteiger partial charge in [0.05, 0.1) is 33.1 Å². The van der Waals surface area contributed by atoms with E-state index in [-0.39, 0.29) is 11.8 Å². The van der Waals surface area contributed by atoms with Gasteiger partial charge in [-0.25, -0.2) is 9.18 Å². The number of H-pyrrole nitrogens is 1. The zero-order valence-electron chi connectivity index (χ0n) is 19.7. The molecule has 4 aromatic rings. The standard InChI is InChI=1S/C27H26FN3O4/c1-33-18-8-10-22-21(14-18)20-12-13-31(26(25(20)29-22)16-4-6-17(28)7-5-16)27(32)30-23-15-19(34-2)9-11-24(23)35-3/h4-11,14-15,26,29H,12-13H2,1-3H3,(H,30,32)/t26-/m1/s1. The molecule has 2 amide bonds. The van der Waals surface area contributed by atoms with Gasteiger partial charge in [-0.1, -0.05) is 12.1 Å². The molecule has 1 atom stereocenters. The maximum absolute atomic E-state index is 13.8. The van der Waals surface area contributed by atoms with Crippen molar-refractivity contribution in [3.05, 3.63) is 83.3 Å². The zero-order valence-corrected chi connectivity index (χ0v) is 19.7. The first-order valence-electron chi connectivity index (χ1n) is 11.3. The Morgan fingerprint density at radius 1 is 0.971 bits per heavy atom. The van der Waals surface area contributed by atoms with Crippen molar-refractivity contribution < 1.29 is 23.4 Å². The van der Waals surface area contributed by atoms with Crippen LogP contribution in [0.2, 0.25) is 0 Å². The van der Waals surface area contributed by atoms with Crippen LogP contribution >= 0.6 is 0 Å². The monoisotopic (exact) mass is 475 g/mol. The summed E-state index contributed by atoms with van der Waals surface area (Å²) in [6.07, 6.45) is 0.656. The molecule has 7 nitrogen and oxygen atoms in total. The Balaban J connectivity index is 1.57. The van der Waals surface area contributed by atoms with Crippen LogP contribution < -0.4 is 19.5 Å². The average Bonchev–Trinajstić information content (AvgIpc) is 3.26. The second-order valence-corrected chi connectivity index (χ2v) is 8.32. The number of aromatic amines is 1. The van der Waals surface area contributed by atoms with E-state index in [1.807, 2.05) is 18.2 Å². The topological polar surface area (TPSA) is 75.8 Å². The Kier molecular flexibility index (Phi) is 5.94. The highest BCUT2D eigenvalue weighted by Crippen LogP contribution is 2.40. The van der Waals surface area contributed by atoms with Crippen molar-refractivity contribution >= 4 is 22.6 Å². The van der Waals surface area contributed by atoms with Crippen molar-refractivity contribution in [1.29, 1.82) is 0 Å². The van der Waals surface area contributed by atoms with Crippen LogP contribution in [0.4, 0.5) is 14.9 Å². The van der Waals surface area contributed by atoms with E-state index in [0.717, 1.165) is 33.5 Å². The molecule has 0 radical (unpaired) electrons. The number of urea groups is 1. The van der Waals surface area contributed by atoms with Gasteiger partial charge in [0.2, 0.25) is 0 Å². The molecule has 1 aromatic heterocycles. The minimum absolute atomic E-state index is 0.298. The van der Waals surface area contributed by atoms with Crippen LogP contribution in [-0.2, 0) is 6.42 Å². The molecule has 1 aliphatic heterocycles. The molecule has 0 bridgehead atoms. The van der Waals surface area contributed by atoms with Gasteiger partial charge < -0.3 is 29.4 Å². The smallest absolute Gasteiger partial charge is 0.322 e. The molecule has 180 valence electrons. The van der Waals surface area contributed by atoms with E-state index in [4.69, 9.17) is 14.2 Å². The predicted octanol–water partition coefficient (Wildman–Crippen LogP) is 5.51. The van der Waals surface area contributed by atoms with Crippen LogP contribution in [0.15, 0.2) is 60.7 Å². The highest BCUT2D eigenvalue weighted by Gasteiger charge is 2.35. The van der Waals surface area contributed by atoms with E-state index in [9.17, 15) is 9.18 Å². The summed E-state index contributed by atoms with van der Waals surface area (Å²) >= 11 is 0. The highest BCUT2D eigenvalue weighted by molar-refractivity contribution is 5.93. The molecular formula is C27H26FN3O4. The number of hydrogen-bond donors (Lipinski definition) is 2. The van der Waals surface area contributed by atoms with Gasteiger partial charge in [0.1, 0.15) is 23.1 Å². The molecule has 3 aromatic carbocycles. The van der Waals surface area contributed by atoms with Crippen LogP contribution in [0.3, 0.4) is 0 Å². The number of benzene rings is 3. The van der Waals surface area contributed by atoms with Crippen molar-refractivity contribution in [2.24, 2.45) is 0 Å². The van der Waals surface area contributed by atoms with Crippen LogP contribution in [0, 0.1) is 5.82 Å². The quantitative estimate of drug-likeness (QED) is 0.399. The number of fused-ring (bicyclic) bond motifs is 3. The molecule has 8 heteroatoms. The lowest BCUT2D eigenvalue weighted by Gasteiger charge is -2.36. The molecule has 2 N–H and O–H groups in total. The lowest BCUT2D eigenvalue weighted by atomic mass is 9.92. The highest BCUT2D eigenvalue weighted by atomic mass is 19.1. The third-order valence-corrected chi connectivity index (χ3v) is 6.43. The van der Waals surface area contributed by atoms with Gasteiger partial charge in [-0.05, 0) is 60.0 Å². The van der Waals surface area contributed by atoms with Crippen molar-refractivity contribution in [3.8, 4) is 17.2 Å². The Morgan fingerprint density at radius 2 is 1.69 bits per heavy atom. The van der Waals surface area contributed by atoms with Gasteiger partial charge in [-0.2, -0.15) is 0 Å². The fourth-order valence-corrected chi connectivity index (χ4v) is 4.70. The van der Waals surface area contributed by atoms with Crippen molar-refractivity contribution in [3.63, 3.8) is 0 Å². The summed E-state index contributed by atoms with van der Waals surface area (Å²) in [6, 6.07) is 16.6. The normalized spacial score (nSPS) is 15.0. The molecule has 35 heavy (non-hydrogen) atoms. The SMILES string of the molecule is COc1ccc(OC)c(NC(=O)N2CCc3c([nH]c4ccc(OC)cc34)[C@H]2c2ccc(F)cc2)c1. The van der Waals surface area contributed by atoms with Crippen LogP contribution in [0.5, 0.6) is 17.2 Å². The number of amides is 2. The number of halogens is 1. The van der Waals surface area contributed by atoms with Gasteiger partial charge in [-0.15, -0.1) is 0 Å². The maximum atomic E-state index is 13.8. The van der Waals surface area contributed by atoms with E-state index >= 15 is 0 Å². The third kappa shape index (κ3) is 4.12. The fourth-order valence-electron chi connectivity index (χ4n) is 4.70. The maximum Gasteiger partial charge on any atom is 0.322 e. The molecule has 0 fully saturated rings. The molecule has 2 heterocycles. The number of nitrogens with zero attached hydrogens (tertiary/aromatic N) is 1. The van der Waals surface area contributed by atoms with Crippen molar-refractivity contribution in [1.82, 2.24) is 9.88 Å². The minimum atomic E-state index is -0.436. The number of hydrogen-bond acceptors (Lipinski definition) is 4. The Hall–Kier alpha value is -4.20. The summed E-state index contributed by atoms with van der Waals surface area (Å²) < 4.78 is 29.9. The molecule has 0 aliphatic carbocycles. The number of aromatic nitrogens is 1. The first kappa shape index (κ1) is 22.6. The fraction of sp³-hybridized carbons (Fsp3) is 0.222. The lowest BCUT2D eigenvalue weighted by molar-refractivity contribution is 0.193. The minimum Gasteiger partial charge on any atom is -0.497 e. The molecule has 0 saturated carbocycles. The van der Waals surface area contributed by atoms with E-state index in [1.165, 1.54) is 12.1 Å². The Labute approximate surface area is 202 Å². The summed E-state index contributed by atoms with van der Waals surface area (Å²) in [7, 11) is 4.75. The first-order valence-corrected chi connectivity index (χ1v) is 11.3. The van der Waals surface area contributed by atoms with Gasteiger partial charge >= 0.3 is 6.03 Å². The number of carbonyl (C=O) groups is 1. The van der Waals surface area contributed by atoms with Gasteiger partial charge in [0, 0.05) is 29.2 Å².